The molecule has 0 aliphatic rings. The minimum Gasteiger partial charge on any atom is -0.301 e. The molecular formula is C9H7Br2ClN2. The minimum atomic E-state index is 0.461. The number of hydrogen-bond acceptors (Lipinski definition) is 1. The predicted molar refractivity (Wildman–Crippen MR) is 64.9 cm³/mol. The number of halogens is 3. The summed E-state index contributed by atoms with van der Waals surface area (Å²) in [5, 5.41) is 0. The third-order valence-corrected chi connectivity index (χ3v) is 4.16. The Morgan fingerprint density at radius 3 is 2.86 bits per heavy atom. The molecule has 0 N–H and O–H groups in total. The molecule has 14 heavy (non-hydrogen) atoms. The molecule has 0 unspecified atom stereocenters. The van der Waals surface area contributed by atoms with Gasteiger partial charge in [-0.3, -0.25) is 0 Å². The van der Waals surface area contributed by atoms with E-state index in [1.807, 2.05) is 17.5 Å². The summed E-state index contributed by atoms with van der Waals surface area (Å²) in [6.45, 7) is 2.03. The Bertz CT molecular complexity index is 493. The van der Waals surface area contributed by atoms with Crippen molar-refractivity contribution in [1.82, 2.24) is 9.38 Å². The maximum Gasteiger partial charge on any atom is 0.151 e. The highest BCUT2D eigenvalue weighted by Gasteiger charge is 2.10. The zero-order valence-electron chi connectivity index (χ0n) is 7.39. The molecule has 74 valence electrons. The molecule has 0 aromatic carbocycles. The van der Waals surface area contributed by atoms with Gasteiger partial charge in [0.15, 0.2) is 5.65 Å². The molecule has 0 fully saturated rings. The van der Waals surface area contributed by atoms with Crippen LogP contribution in [0.1, 0.15) is 11.3 Å². The molecule has 5 heteroatoms. The standard InChI is InChI=1S/C9H7Br2ClN2/c1-5-7(10)4-14-6(2-12)3-13-9(14)8(5)11/h3-4H,2H2,1H3. The molecule has 2 heterocycles. The number of nitrogens with zero attached hydrogens (tertiary/aromatic N) is 2. The van der Waals surface area contributed by atoms with Gasteiger partial charge in [0.2, 0.25) is 0 Å². The molecule has 0 aliphatic heterocycles. The predicted octanol–water partition coefficient (Wildman–Crippen LogP) is 3.91. The van der Waals surface area contributed by atoms with Crippen molar-refractivity contribution >= 4 is 49.1 Å². The Morgan fingerprint density at radius 2 is 2.21 bits per heavy atom. The van der Waals surface area contributed by atoms with Crippen molar-refractivity contribution in [3.63, 3.8) is 0 Å². The lowest BCUT2D eigenvalue weighted by Crippen LogP contribution is -1.93. The van der Waals surface area contributed by atoms with E-state index < -0.39 is 0 Å². The monoisotopic (exact) mass is 336 g/mol. The lowest BCUT2D eigenvalue weighted by molar-refractivity contribution is 1.07. The molecule has 0 radical (unpaired) electrons. The lowest BCUT2D eigenvalue weighted by Gasteiger charge is -2.05. The van der Waals surface area contributed by atoms with Crippen molar-refractivity contribution in [1.29, 1.82) is 0 Å². The number of pyridine rings is 1. The maximum absolute atomic E-state index is 5.80. The first kappa shape index (κ1) is 10.5. The minimum absolute atomic E-state index is 0.461. The Kier molecular flexibility index (Phi) is 2.86. The average Bonchev–Trinajstić information content (AvgIpc) is 2.57. The van der Waals surface area contributed by atoms with Gasteiger partial charge in [0.05, 0.1) is 22.2 Å². The van der Waals surface area contributed by atoms with Crippen LogP contribution in [-0.4, -0.2) is 9.38 Å². The highest BCUT2D eigenvalue weighted by molar-refractivity contribution is 9.11. The van der Waals surface area contributed by atoms with Gasteiger partial charge in [-0.1, -0.05) is 0 Å². The van der Waals surface area contributed by atoms with Gasteiger partial charge in [-0.25, -0.2) is 4.98 Å². The van der Waals surface area contributed by atoms with Crippen LogP contribution in [0.15, 0.2) is 21.3 Å². The summed E-state index contributed by atoms with van der Waals surface area (Å²) in [4.78, 5) is 4.30. The second-order valence-corrected chi connectivity index (χ2v) is 4.91. The number of aromatic nitrogens is 2. The maximum atomic E-state index is 5.80. The summed E-state index contributed by atoms with van der Waals surface area (Å²) in [5.74, 6) is 0.461. The zero-order chi connectivity index (χ0) is 10.3. The van der Waals surface area contributed by atoms with Crippen LogP contribution in [0.4, 0.5) is 0 Å². The van der Waals surface area contributed by atoms with Gasteiger partial charge in [0.1, 0.15) is 0 Å². The normalized spacial score (nSPS) is 11.1. The summed E-state index contributed by atoms with van der Waals surface area (Å²) in [6.07, 6.45) is 3.78. The largest absolute Gasteiger partial charge is 0.301 e. The summed E-state index contributed by atoms with van der Waals surface area (Å²) in [6, 6.07) is 0. The van der Waals surface area contributed by atoms with E-state index in [1.165, 1.54) is 0 Å². The fraction of sp³-hybridized carbons (Fsp3) is 0.222. The number of rotatable bonds is 1. The first-order valence-corrected chi connectivity index (χ1v) is 6.13. The van der Waals surface area contributed by atoms with Gasteiger partial charge >= 0.3 is 0 Å². The van der Waals surface area contributed by atoms with E-state index in [9.17, 15) is 0 Å². The van der Waals surface area contributed by atoms with Crippen molar-refractivity contribution in [2.75, 3.05) is 0 Å². The van der Waals surface area contributed by atoms with E-state index in [0.29, 0.717) is 5.88 Å². The van der Waals surface area contributed by atoms with Gasteiger partial charge in [0.25, 0.3) is 0 Å². The van der Waals surface area contributed by atoms with Crippen molar-refractivity contribution in [2.45, 2.75) is 12.8 Å². The molecular weight excluding hydrogens is 331 g/mol. The first-order valence-electron chi connectivity index (χ1n) is 4.01. The van der Waals surface area contributed by atoms with E-state index in [4.69, 9.17) is 11.6 Å². The van der Waals surface area contributed by atoms with Gasteiger partial charge in [0, 0.05) is 10.7 Å². The van der Waals surface area contributed by atoms with Crippen LogP contribution >= 0.6 is 43.5 Å². The summed E-state index contributed by atoms with van der Waals surface area (Å²) in [7, 11) is 0. The topological polar surface area (TPSA) is 17.3 Å². The Balaban J connectivity index is 2.86. The molecule has 0 bridgehead atoms. The fourth-order valence-corrected chi connectivity index (χ4v) is 2.66. The van der Waals surface area contributed by atoms with Crippen molar-refractivity contribution in [3.05, 3.63) is 32.6 Å². The summed E-state index contributed by atoms with van der Waals surface area (Å²) in [5.41, 5.74) is 3.04. The second kappa shape index (κ2) is 3.83. The fourth-order valence-electron chi connectivity index (χ4n) is 1.28. The molecule has 2 rings (SSSR count). The van der Waals surface area contributed by atoms with Gasteiger partial charge in [-0.15, -0.1) is 11.6 Å². The van der Waals surface area contributed by atoms with Gasteiger partial charge in [-0.2, -0.15) is 0 Å². The van der Waals surface area contributed by atoms with E-state index in [0.717, 1.165) is 25.8 Å². The lowest BCUT2D eigenvalue weighted by atomic mass is 10.3. The van der Waals surface area contributed by atoms with Crippen LogP contribution in [0.5, 0.6) is 0 Å². The first-order chi connectivity index (χ1) is 6.65. The Morgan fingerprint density at radius 1 is 1.50 bits per heavy atom. The number of hydrogen-bond donors (Lipinski definition) is 0. The quantitative estimate of drug-likeness (QED) is 0.721. The SMILES string of the molecule is Cc1c(Br)cn2c(CCl)cnc2c1Br. The van der Waals surface area contributed by atoms with Gasteiger partial charge < -0.3 is 4.40 Å². The average molecular weight is 338 g/mol. The Hall–Kier alpha value is -0.0600. The number of imidazole rings is 1. The molecule has 2 aromatic rings. The van der Waals surface area contributed by atoms with Crippen LogP contribution < -0.4 is 0 Å². The van der Waals surface area contributed by atoms with E-state index in [1.54, 1.807) is 6.20 Å². The summed E-state index contributed by atoms with van der Waals surface area (Å²) < 4.78 is 4.03. The molecule has 0 atom stereocenters. The molecule has 0 saturated heterocycles. The van der Waals surface area contributed by atoms with Crippen LogP contribution in [0.3, 0.4) is 0 Å². The van der Waals surface area contributed by atoms with Gasteiger partial charge in [-0.05, 0) is 44.3 Å². The van der Waals surface area contributed by atoms with Crippen molar-refractivity contribution in [3.8, 4) is 0 Å². The van der Waals surface area contributed by atoms with Crippen molar-refractivity contribution < 1.29 is 0 Å². The third-order valence-electron chi connectivity index (χ3n) is 2.14. The van der Waals surface area contributed by atoms with E-state index in [2.05, 4.69) is 36.8 Å². The number of alkyl halides is 1. The van der Waals surface area contributed by atoms with Crippen LogP contribution in [0, 0.1) is 6.92 Å². The highest BCUT2D eigenvalue weighted by Crippen LogP contribution is 2.28. The van der Waals surface area contributed by atoms with E-state index in [-0.39, 0.29) is 0 Å². The Labute approximate surface area is 104 Å². The molecule has 2 aromatic heterocycles. The summed E-state index contributed by atoms with van der Waals surface area (Å²) >= 11 is 12.8. The number of fused-ring (bicyclic) bond motifs is 1. The van der Waals surface area contributed by atoms with Crippen molar-refractivity contribution in [2.24, 2.45) is 0 Å². The van der Waals surface area contributed by atoms with Crippen LogP contribution in [0.2, 0.25) is 0 Å². The van der Waals surface area contributed by atoms with Crippen LogP contribution in [0.25, 0.3) is 5.65 Å². The molecule has 2 nitrogen and oxygen atoms in total. The molecule has 0 saturated carbocycles. The molecule has 0 spiro atoms. The zero-order valence-corrected chi connectivity index (χ0v) is 11.3. The molecule has 0 amide bonds. The smallest absolute Gasteiger partial charge is 0.151 e. The molecule has 0 aliphatic carbocycles. The third kappa shape index (κ3) is 1.49. The second-order valence-electron chi connectivity index (χ2n) is 2.99. The highest BCUT2D eigenvalue weighted by atomic mass is 79.9. The van der Waals surface area contributed by atoms with E-state index >= 15 is 0 Å². The van der Waals surface area contributed by atoms with Crippen LogP contribution in [-0.2, 0) is 5.88 Å².